The van der Waals surface area contributed by atoms with Crippen molar-refractivity contribution in [3.8, 4) is 0 Å². The summed E-state index contributed by atoms with van der Waals surface area (Å²) in [6, 6.07) is 4.42. The number of aliphatic imine (C=N–C) groups is 1. The van der Waals surface area contributed by atoms with Crippen molar-refractivity contribution < 1.29 is 4.79 Å². The average Bonchev–Trinajstić information content (AvgIpc) is 3.35. The van der Waals surface area contributed by atoms with E-state index in [-0.39, 0.29) is 5.91 Å². The van der Waals surface area contributed by atoms with Crippen LogP contribution in [0.15, 0.2) is 34.5 Å². The molecule has 3 N–H and O–H groups in total. The first kappa shape index (κ1) is 18.9. The van der Waals surface area contributed by atoms with Crippen LogP contribution in [0.5, 0.6) is 0 Å². The molecular weight excluding hydrogens is 350 g/mol. The van der Waals surface area contributed by atoms with Crippen LogP contribution in [0.3, 0.4) is 0 Å². The van der Waals surface area contributed by atoms with E-state index in [1.165, 1.54) is 24.0 Å². The number of hydrogen-bond acceptors (Lipinski definition) is 4. The molecular formula is C22H29N5O. The highest BCUT2D eigenvalue weighted by atomic mass is 16.1. The van der Waals surface area contributed by atoms with Crippen LogP contribution in [0.25, 0.3) is 10.9 Å². The van der Waals surface area contributed by atoms with Gasteiger partial charge in [0, 0.05) is 30.6 Å². The second-order valence-electron chi connectivity index (χ2n) is 8.10. The Hall–Kier alpha value is -2.47. The van der Waals surface area contributed by atoms with Crippen molar-refractivity contribution in [2.45, 2.75) is 58.5 Å². The number of fused-ring (bicyclic) bond motifs is 1. The van der Waals surface area contributed by atoms with Crippen molar-refractivity contribution in [2.24, 2.45) is 10.7 Å². The number of carbonyl (C=O) groups excluding carboxylic acids is 1. The minimum atomic E-state index is -0.0714. The molecule has 0 saturated heterocycles. The Morgan fingerprint density at radius 1 is 1.29 bits per heavy atom. The number of hydrogen-bond donors (Lipinski definition) is 2. The predicted octanol–water partition coefficient (Wildman–Crippen LogP) is 3.52. The number of nitrogens with one attached hydrogen (secondary N) is 1. The zero-order valence-electron chi connectivity index (χ0n) is 16.8. The van der Waals surface area contributed by atoms with Crippen LogP contribution in [-0.4, -0.2) is 34.5 Å². The lowest BCUT2D eigenvalue weighted by Crippen LogP contribution is -2.28. The first-order valence-electron chi connectivity index (χ1n) is 10.2. The highest BCUT2D eigenvalue weighted by Gasteiger charge is 2.22. The maximum absolute atomic E-state index is 13.0. The molecule has 1 saturated carbocycles. The fourth-order valence-corrected chi connectivity index (χ4v) is 4.37. The van der Waals surface area contributed by atoms with Crippen LogP contribution in [-0.2, 0) is 6.54 Å². The maximum Gasteiger partial charge on any atom is 0.252 e. The standard InChI is InChI=1S/C22H29N5O/c1-14-7-15(2)24-11-17(14)12-25-22(28)19-8-16(10-23)9-21-20(19)13-26-27(21)18-5-3-4-6-18/h8-9,13,18H,3-7,10-12,23H2,1-2H3,(H,25,28). The Balaban J connectivity index is 1.60. The van der Waals surface area contributed by atoms with Gasteiger partial charge in [-0.25, -0.2) is 0 Å². The van der Waals surface area contributed by atoms with Crippen molar-refractivity contribution in [1.29, 1.82) is 0 Å². The number of allylic oxidation sites excluding steroid dienone is 1. The summed E-state index contributed by atoms with van der Waals surface area (Å²) in [6.45, 7) is 5.79. The summed E-state index contributed by atoms with van der Waals surface area (Å²) in [4.78, 5) is 17.5. The Kier molecular flexibility index (Phi) is 5.31. The van der Waals surface area contributed by atoms with Gasteiger partial charge >= 0.3 is 0 Å². The highest BCUT2D eigenvalue weighted by molar-refractivity contribution is 6.06. The number of carbonyl (C=O) groups is 1. The molecule has 1 aliphatic carbocycles. The van der Waals surface area contributed by atoms with Gasteiger partial charge in [0.2, 0.25) is 0 Å². The van der Waals surface area contributed by atoms with Crippen molar-refractivity contribution in [2.75, 3.05) is 13.1 Å². The van der Waals surface area contributed by atoms with E-state index < -0.39 is 0 Å². The number of dihydropyridines is 1. The lowest BCUT2D eigenvalue weighted by atomic mass is 10.0. The van der Waals surface area contributed by atoms with E-state index in [0.717, 1.165) is 41.4 Å². The van der Waals surface area contributed by atoms with E-state index in [1.54, 1.807) is 0 Å². The fourth-order valence-electron chi connectivity index (χ4n) is 4.37. The number of nitrogens with two attached hydrogens (primary N) is 1. The van der Waals surface area contributed by atoms with E-state index in [4.69, 9.17) is 5.73 Å². The average molecular weight is 380 g/mol. The molecule has 1 aromatic heterocycles. The molecule has 6 heteroatoms. The normalized spacial score (nSPS) is 18.0. The molecule has 28 heavy (non-hydrogen) atoms. The van der Waals surface area contributed by atoms with E-state index in [1.807, 2.05) is 12.3 Å². The molecule has 0 spiro atoms. The fraction of sp³-hybridized carbons (Fsp3) is 0.500. The number of nitrogens with zero attached hydrogens (tertiary/aromatic N) is 3. The maximum atomic E-state index is 13.0. The van der Waals surface area contributed by atoms with Crippen molar-refractivity contribution >= 4 is 22.5 Å². The van der Waals surface area contributed by atoms with Gasteiger partial charge in [-0.05, 0) is 50.0 Å². The summed E-state index contributed by atoms with van der Waals surface area (Å²) in [7, 11) is 0. The Morgan fingerprint density at radius 2 is 2.07 bits per heavy atom. The number of benzene rings is 1. The lowest BCUT2D eigenvalue weighted by Gasteiger charge is -2.17. The van der Waals surface area contributed by atoms with Crippen LogP contribution >= 0.6 is 0 Å². The lowest BCUT2D eigenvalue weighted by molar-refractivity contribution is 0.0958. The molecule has 0 bridgehead atoms. The molecule has 4 rings (SSSR count). The molecule has 6 nitrogen and oxygen atoms in total. The summed E-state index contributed by atoms with van der Waals surface area (Å²) < 4.78 is 2.10. The quantitative estimate of drug-likeness (QED) is 0.780. The molecule has 0 unspecified atom stereocenters. The Bertz CT molecular complexity index is 963. The van der Waals surface area contributed by atoms with Crippen LogP contribution < -0.4 is 11.1 Å². The first-order valence-corrected chi connectivity index (χ1v) is 10.2. The molecule has 2 aromatic rings. The van der Waals surface area contributed by atoms with E-state index in [0.29, 0.717) is 31.2 Å². The first-order chi connectivity index (χ1) is 13.6. The highest BCUT2D eigenvalue weighted by Crippen LogP contribution is 2.33. The molecule has 1 amide bonds. The predicted molar refractivity (Wildman–Crippen MR) is 113 cm³/mol. The molecule has 2 aliphatic rings. The van der Waals surface area contributed by atoms with E-state index in [9.17, 15) is 4.79 Å². The molecule has 1 aliphatic heterocycles. The molecule has 2 heterocycles. The number of aromatic nitrogens is 2. The third-order valence-corrected chi connectivity index (χ3v) is 6.05. The number of rotatable bonds is 5. The van der Waals surface area contributed by atoms with E-state index in [2.05, 4.69) is 40.0 Å². The molecule has 148 valence electrons. The van der Waals surface area contributed by atoms with Crippen LogP contribution in [0.1, 0.15) is 67.9 Å². The molecule has 0 radical (unpaired) electrons. The van der Waals surface area contributed by atoms with Gasteiger partial charge in [0.1, 0.15) is 0 Å². The summed E-state index contributed by atoms with van der Waals surface area (Å²) >= 11 is 0. The Labute approximate surface area is 165 Å². The van der Waals surface area contributed by atoms with Gasteiger partial charge in [0.05, 0.1) is 29.9 Å². The molecule has 0 atom stereocenters. The summed E-state index contributed by atoms with van der Waals surface area (Å²) in [5, 5.41) is 8.63. The van der Waals surface area contributed by atoms with Gasteiger partial charge in [-0.1, -0.05) is 18.4 Å². The van der Waals surface area contributed by atoms with Gasteiger partial charge < -0.3 is 11.1 Å². The van der Waals surface area contributed by atoms with Crippen LogP contribution in [0, 0.1) is 0 Å². The summed E-state index contributed by atoms with van der Waals surface area (Å²) in [5.41, 5.74) is 12.2. The van der Waals surface area contributed by atoms with Gasteiger partial charge in [-0.15, -0.1) is 0 Å². The van der Waals surface area contributed by atoms with E-state index >= 15 is 0 Å². The van der Waals surface area contributed by atoms with Crippen molar-refractivity contribution in [1.82, 2.24) is 15.1 Å². The number of amides is 1. The van der Waals surface area contributed by atoms with Gasteiger partial charge in [0.15, 0.2) is 0 Å². The third-order valence-electron chi connectivity index (χ3n) is 6.05. The van der Waals surface area contributed by atoms with Crippen LogP contribution in [0.4, 0.5) is 0 Å². The van der Waals surface area contributed by atoms with Crippen LogP contribution in [0.2, 0.25) is 0 Å². The SMILES string of the molecule is CC1=NCC(CNC(=O)c2cc(CN)cc3c2cnn3C2CCCC2)=C(C)C1. The zero-order chi connectivity index (χ0) is 19.7. The van der Waals surface area contributed by atoms with Crippen molar-refractivity contribution in [3.63, 3.8) is 0 Å². The second-order valence-corrected chi connectivity index (χ2v) is 8.10. The van der Waals surface area contributed by atoms with Gasteiger partial charge in [0.25, 0.3) is 5.91 Å². The minimum absolute atomic E-state index is 0.0714. The largest absolute Gasteiger partial charge is 0.348 e. The monoisotopic (exact) mass is 379 g/mol. The van der Waals surface area contributed by atoms with Gasteiger partial charge in [-0.3, -0.25) is 14.5 Å². The topological polar surface area (TPSA) is 85.3 Å². The smallest absolute Gasteiger partial charge is 0.252 e. The van der Waals surface area contributed by atoms with Gasteiger partial charge in [-0.2, -0.15) is 5.10 Å². The molecule has 1 aromatic carbocycles. The van der Waals surface area contributed by atoms with Crippen molar-refractivity contribution in [3.05, 3.63) is 40.6 Å². The zero-order valence-corrected chi connectivity index (χ0v) is 16.8. The molecule has 1 fully saturated rings. The minimum Gasteiger partial charge on any atom is -0.348 e. The third kappa shape index (κ3) is 3.61. The Morgan fingerprint density at radius 3 is 2.79 bits per heavy atom. The second kappa shape index (κ2) is 7.87. The summed E-state index contributed by atoms with van der Waals surface area (Å²) in [5.74, 6) is -0.0714. The summed E-state index contributed by atoms with van der Waals surface area (Å²) in [6.07, 6.45) is 7.52.